The highest BCUT2D eigenvalue weighted by atomic mass is 16.5. The van der Waals surface area contributed by atoms with E-state index in [-0.39, 0.29) is 0 Å². The van der Waals surface area contributed by atoms with Gasteiger partial charge in [0, 0.05) is 5.92 Å². The molecule has 0 aromatic rings. The van der Waals surface area contributed by atoms with E-state index in [4.69, 9.17) is 4.74 Å². The minimum atomic E-state index is 0.327. The number of allylic oxidation sites excluding steroid dienone is 2. The molecule has 1 heteroatoms. The van der Waals surface area contributed by atoms with Crippen molar-refractivity contribution in [2.45, 2.75) is 33.1 Å². The summed E-state index contributed by atoms with van der Waals surface area (Å²) in [6.07, 6.45) is 4.70. The zero-order valence-corrected chi connectivity index (χ0v) is 9.31. The van der Waals surface area contributed by atoms with Gasteiger partial charge in [-0.1, -0.05) is 39.2 Å². The number of hydrogen-bond donors (Lipinski definition) is 0. The molecule has 0 aromatic heterocycles. The van der Waals surface area contributed by atoms with Crippen LogP contribution in [0.3, 0.4) is 0 Å². The van der Waals surface area contributed by atoms with Crippen LogP contribution in [0.2, 0.25) is 0 Å². The first-order valence-electron chi connectivity index (χ1n) is 5.07. The lowest BCUT2D eigenvalue weighted by Crippen LogP contribution is -2.25. The largest absolute Gasteiger partial charge is 0.470 e. The Balaban J connectivity index is 2.66. The first-order valence-corrected chi connectivity index (χ1v) is 5.07. The van der Waals surface area contributed by atoms with Crippen LogP contribution in [0.4, 0.5) is 0 Å². The SMILES string of the molecule is C=COC(=C)C1CC(=C)CC(C)(C)C1. The van der Waals surface area contributed by atoms with Gasteiger partial charge in [0.2, 0.25) is 0 Å². The monoisotopic (exact) mass is 192 g/mol. The lowest BCUT2D eigenvalue weighted by atomic mass is 9.70. The quantitative estimate of drug-likeness (QED) is 0.484. The normalized spacial score (nSPS) is 25.6. The number of ether oxygens (including phenoxy) is 1. The Hall–Kier alpha value is -0.980. The predicted molar refractivity (Wildman–Crippen MR) is 60.7 cm³/mol. The van der Waals surface area contributed by atoms with E-state index >= 15 is 0 Å². The van der Waals surface area contributed by atoms with Crippen molar-refractivity contribution in [3.8, 4) is 0 Å². The fourth-order valence-corrected chi connectivity index (χ4v) is 2.34. The third-order valence-electron chi connectivity index (χ3n) is 2.75. The van der Waals surface area contributed by atoms with E-state index in [1.54, 1.807) is 0 Å². The van der Waals surface area contributed by atoms with E-state index in [9.17, 15) is 0 Å². The molecular formula is C13H20O. The molecule has 1 atom stereocenters. The number of rotatable bonds is 3. The van der Waals surface area contributed by atoms with Gasteiger partial charge < -0.3 is 4.74 Å². The van der Waals surface area contributed by atoms with Crippen LogP contribution >= 0.6 is 0 Å². The highest BCUT2D eigenvalue weighted by Gasteiger charge is 2.31. The van der Waals surface area contributed by atoms with Gasteiger partial charge in [0.05, 0.1) is 12.0 Å². The summed E-state index contributed by atoms with van der Waals surface area (Å²) in [5.41, 5.74) is 1.63. The zero-order chi connectivity index (χ0) is 10.8. The molecule has 1 aliphatic rings. The summed E-state index contributed by atoms with van der Waals surface area (Å²) in [6.45, 7) is 16.1. The zero-order valence-electron chi connectivity index (χ0n) is 9.31. The van der Waals surface area contributed by atoms with Gasteiger partial charge in [-0.3, -0.25) is 0 Å². The highest BCUT2D eigenvalue weighted by molar-refractivity contribution is 5.11. The molecular weight excluding hydrogens is 172 g/mol. The van der Waals surface area contributed by atoms with Crippen molar-refractivity contribution < 1.29 is 4.74 Å². The third-order valence-corrected chi connectivity index (χ3v) is 2.75. The maximum Gasteiger partial charge on any atom is 0.0994 e. The fourth-order valence-electron chi connectivity index (χ4n) is 2.34. The molecule has 1 aliphatic carbocycles. The maximum atomic E-state index is 5.25. The highest BCUT2D eigenvalue weighted by Crippen LogP contribution is 2.43. The van der Waals surface area contributed by atoms with Crippen LogP contribution in [0.1, 0.15) is 33.1 Å². The Morgan fingerprint density at radius 2 is 2.21 bits per heavy atom. The molecule has 0 heterocycles. The van der Waals surface area contributed by atoms with Gasteiger partial charge in [0.1, 0.15) is 0 Å². The van der Waals surface area contributed by atoms with Crippen molar-refractivity contribution in [2.24, 2.45) is 11.3 Å². The van der Waals surface area contributed by atoms with Crippen molar-refractivity contribution in [3.63, 3.8) is 0 Å². The van der Waals surface area contributed by atoms with Crippen molar-refractivity contribution in [1.29, 1.82) is 0 Å². The minimum absolute atomic E-state index is 0.327. The molecule has 1 rings (SSSR count). The van der Waals surface area contributed by atoms with E-state index in [1.165, 1.54) is 11.8 Å². The molecule has 14 heavy (non-hydrogen) atoms. The van der Waals surface area contributed by atoms with Gasteiger partial charge >= 0.3 is 0 Å². The van der Waals surface area contributed by atoms with Gasteiger partial charge in [0.15, 0.2) is 0 Å². The van der Waals surface area contributed by atoms with Crippen LogP contribution in [-0.2, 0) is 4.74 Å². The third kappa shape index (κ3) is 2.76. The average molecular weight is 192 g/mol. The summed E-state index contributed by atoms with van der Waals surface area (Å²) in [5.74, 6) is 1.23. The van der Waals surface area contributed by atoms with Gasteiger partial charge in [-0.2, -0.15) is 0 Å². The summed E-state index contributed by atoms with van der Waals surface area (Å²) in [6, 6.07) is 0. The summed E-state index contributed by atoms with van der Waals surface area (Å²) in [4.78, 5) is 0. The molecule has 0 radical (unpaired) electrons. The molecule has 0 bridgehead atoms. The Kier molecular flexibility index (Phi) is 3.20. The second-order valence-electron chi connectivity index (χ2n) is 4.95. The summed E-state index contributed by atoms with van der Waals surface area (Å²) < 4.78 is 5.25. The van der Waals surface area contributed by atoms with Crippen LogP contribution in [0.25, 0.3) is 0 Å². The van der Waals surface area contributed by atoms with Gasteiger partial charge in [-0.05, 0) is 24.7 Å². The molecule has 0 N–H and O–H groups in total. The smallest absolute Gasteiger partial charge is 0.0994 e. The topological polar surface area (TPSA) is 9.23 Å². The Morgan fingerprint density at radius 3 is 2.71 bits per heavy atom. The lowest BCUT2D eigenvalue weighted by molar-refractivity contribution is 0.191. The van der Waals surface area contributed by atoms with Crippen LogP contribution in [-0.4, -0.2) is 0 Å². The summed E-state index contributed by atoms with van der Waals surface area (Å²) >= 11 is 0. The van der Waals surface area contributed by atoms with Gasteiger partial charge in [-0.25, -0.2) is 0 Å². The van der Waals surface area contributed by atoms with E-state index in [0.717, 1.165) is 25.0 Å². The van der Waals surface area contributed by atoms with E-state index in [1.807, 2.05) is 0 Å². The predicted octanol–water partition coefficient (Wildman–Crippen LogP) is 4.04. The molecule has 0 aliphatic heterocycles. The van der Waals surface area contributed by atoms with E-state index < -0.39 is 0 Å². The summed E-state index contributed by atoms with van der Waals surface area (Å²) in [7, 11) is 0. The number of hydrogen-bond acceptors (Lipinski definition) is 1. The molecule has 0 saturated heterocycles. The molecule has 0 amide bonds. The standard InChI is InChI=1S/C13H20O/c1-6-14-11(3)12-7-10(2)8-13(4,5)9-12/h6,12H,1-3,7-9H2,4-5H3. The molecule has 1 nitrogen and oxygen atoms in total. The molecule has 78 valence electrons. The summed E-state index contributed by atoms with van der Waals surface area (Å²) in [5, 5.41) is 0. The fraction of sp³-hybridized carbons (Fsp3) is 0.538. The first-order chi connectivity index (χ1) is 6.44. The minimum Gasteiger partial charge on any atom is -0.470 e. The van der Waals surface area contributed by atoms with Gasteiger partial charge in [-0.15, -0.1) is 0 Å². The van der Waals surface area contributed by atoms with Crippen molar-refractivity contribution in [3.05, 3.63) is 37.3 Å². The second-order valence-corrected chi connectivity index (χ2v) is 4.95. The van der Waals surface area contributed by atoms with Crippen molar-refractivity contribution >= 4 is 0 Å². The maximum absolute atomic E-state index is 5.25. The molecule has 0 spiro atoms. The van der Waals surface area contributed by atoms with Crippen LogP contribution < -0.4 is 0 Å². The van der Waals surface area contributed by atoms with Crippen LogP contribution in [0.15, 0.2) is 37.3 Å². The molecule has 0 aromatic carbocycles. The Labute approximate surface area is 87.2 Å². The Bertz CT molecular complexity index is 260. The van der Waals surface area contributed by atoms with Crippen molar-refractivity contribution in [1.82, 2.24) is 0 Å². The van der Waals surface area contributed by atoms with Crippen LogP contribution in [0.5, 0.6) is 0 Å². The van der Waals surface area contributed by atoms with Crippen LogP contribution in [0, 0.1) is 11.3 Å². The lowest BCUT2D eigenvalue weighted by Gasteiger charge is -2.36. The van der Waals surface area contributed by atoms with Crippen molar-refractivity contribution in [2.75, 3.05) is 0 Å². The second kappa shape index (κ2) is 4.04. The average Bonchev–Trinajstić information content (AvgIpc) is 2.00. The molecule has 1 saturated carbocycles. The van der Waals surface area contributed by atoms with Gasteiger partial charge in [0.25, 0.3) is 0 Å². The van der Waals surface area contributed by atoms with E-state index in [2.05, 4.69) is 33.6 Å². The Morgan fingerprint density at radius 1 is 1.57 bits per heavy atom. The first kappa shape index (κ1) is 11.1. The van der Waals surface area contributed by atoms with E-state index in [0.29, 0.717) is 11.3 Å². The molecule has 1 fully saturated rings. The molecule has 1 unspecified atom stereocenters.